The van der Waals surface area contributed by atoms with Gasteiger partial charge in [0.1, 0.15) is 5.04 Å². The van der Waals surface area contributed by atoms with Gasteiger partial charge in [0.15, 0.2) is 5.84 Å². The van der Waals surface area contributed by atoms with Gasteiger partial charge in [0.05, 0.1) is 5.57 Å². The van der Waals surface area contributed by atoms with Gasteiger partial charge in [-0.05, 0) is 42.5 Å². The number of hydrogen-bond donors (Lipinski definition) is 1. The maximum Gasteiger partial charge on any atom is 0.283 e. The summed E-state index contributed by atoms with van der Waals surface area (Å²) < 4.78 is 0. The molecule has 0 unspecified atom stereocenters. The van der Waals surface area contributed by atoms with Gasteiger partial charge in [0.2, 0.25) is 5.17 Å². The molecule has 2 aromatic rings. The number of halogens is 1. The summed E-state index contributed by atoms with van der Waals surface area (Å²) >= 11 is 7.18. The monoisotopic (exact) mass is 380 g/mol. The van der Waals surface area contributed by atoms with Crippen molar-refractivity contribution in [1.82, 2.24) is 5.01 Å². The largest absolute Gasteiger partial charge is 0.283 e. The number of benzene rings is 2. The zero-order chi connectivity index (χ0) is 18.3. The van der Waals surface area contributed by atoms with Crippen LogP contribution in [0.15, 0.2) is 64.2 Å². The highest BCUT2D eigenvalue weighted by atomic mass is 35.5. The number of amides is 1. The van der Waals surface area contributed by atoms with E-state index in [1.807, 2.05) is 31.2 Å². The number of rotatable bonds is 2. The standard InChI is InChI=1S/C19H13ClN4OS/c1-11-2-6-13(7-3-11)18-23-24-16(21)15(17(25)22-19(24)26-18)10-12-4-8-14(20)9-5-12/h2-10,21H,1H3/b15-10-,21-16?. The van der Waals surface area contributed by atoms with Crippen LogP contribution in [0.5, 0.6) is 0 Å². The smallest absolute Gasteiger partial charge is 0.282 e. The molecule has 0 aliphatic carbocycles. The molecular formula is C19H13ClN4OS. The number of hydrogen-bond acceptors (Lipinski definition) is 4. The van der Waals surface area contributed by atoms with Crippen molar-refractivity contribution < 1.29 is 4.79 Å². The predicted molar refractivity (Wildman–Crippen MR) is 107 cm³/mol. The summed E-state index contributed by atoms with van der Waals surface area (Å²) in [5.41, 5.74) is 3.06. The SMILES string of the molecule is Cc1ccc(C2=NN3C(=N)/C(=C/c4ccc(Cl)cc4)C(=O)N=C3S2)cc1. The summed E-state index contributed by atoms with van der Waals surface area (Å²) in [6, 6.07) is 15.0. The summed E-state index contributed by atoms with van der Waals surface area (Å²) in [4.78, 5) is 16.5. The highest BCUT2D eigenvalue weighted by Crippen LogP contribution is 2.31. The van der Waals surface area contributed by atoms with Crippen LogP contribution >= 0.6 is 23.4 Å². The predicted octanol–water partition coefficient (Wildman–Crippen LogP) is 4.32. The van der Waals surface area contributed by atoms with E-state index < -0.39 is 5.91 Å². The molecule has 0 bridgehead atoms. The minimum atomic E-state index is -0.441. The highest BCUT2D eigenvalue weighted by Gasteiger charge is 2.35. The number of hydrazone groups is 1. The molecule has 1 amide bonds. The molecule has 0 fully saturated rings. The van der Waals surface area contributed by atoms with Crippen LogP contribution < -0.4 is 0 Å². The third-order valence-corrected chi connectivity index (χ3v) is 5.14. The molecule has 0 saturated heterocycles. The average Bonchev–Trinajstić information content (AvgIpc) is 3.05. The second-order valence-corrected chi connectivity index (χ2v) is 7.24. The molecule has 2 aliphatic rings. The Bertz CT molecular complexity index is 1010. The Hall–Kier alpha value is -2.70. The number of fused-ring (bicyclic) bond motifs is 1. The van der Waals surface area contributed by atoms with Crippen molar-refractivity contribution in [2.24, 2.45) is 10.1 Å². The zero-order valence-corrected chi connectivity index (χ0v) is 15.3. The second-order valence-electron chi connectivity index (χ2n) is 5.84. The third kappa shape index (κ3) is 3.09. The van der Waals surface area contributed by atoms with Crippen molar-refractivity contribution in [2.45, 2.75) is 6.92 Å². The number of aryl methyl sites for hydroxylation is 1. The van der Waals surface area contributed by atoms with E-state index in [1.54, 1.807) is 30.3 Å². The van der Waals surface area contributed by atoms with E-state index in [-0.39, 0.29) is 11.4 Å². The first-order valence-electron chi connectivity index (χ1n) is 7.84. The summed E-state index contributed by atoms with van der Waals surface area (Å²) in [7, 11) is 0. The van der Waals surface area contributed by atoms with Crippen LogP contribution in [0.25, 0.3) is 6.08 Å². The number of nitrogens with one attached hydrogen (secondary N) is 1. The van der Waals surface area contributed by atoms with E-state index in [4.69, 9.17) is 17.0 Å². The topological polar surface area (TPSA) is 68.9 Å². The molecule has 2 heterocycles. The van der Waals surface area contributed by atoms with E-state index in [1.165, 1.54) is 16.8 Å². The third-order valence-electron chi connectivity index (χ3n) is 3.93. The number of carbonyl (C=O) groups excluding carboxylic acids is 1. The van der Waals surface area contributed by atoms with Gasteiger partial charge in [0, 0.05) is 10.6 Å². The molecule has 4 rings (SSSR count). The van der Waals surface area contributed by atoms with Crippen LogP contribution in [0.2, 0.25) is 5.02 Å². The number of amidine groups is 2. The molecule has 26 heavy (non-hydrogen) atoms. The summed E-state index contributed by atoms with van der Waals surface area (Å²) in [5, 5.41) is 16.0. The van der Waals surface area contributed by atoms with Gasteiger partial charge < -0.3 is 0 Å². The Morgan fingerprint density at radius 3 is 2.50 bits per heavy atom. The van der Waals surface area contributed by atoms with Crippen LogP contribution in [0.4, 0.5) is 0 Å². The van der Waals surface area contributed by atoms with E-state index in [2.05, 4.69) is 10.1 Å². The lowest BCUT2D eigenvalue weighted by molar-refractivity contribution is -0.114. The Kier molecular flexibility index (Phi) is 4.22. The van der Waals surface area contributed by atoms with E-state index in [0.29, 0.717) is 15.2 Å². The first-order valence-corrected chi connectivity index (χ1v) is 9.03. The lowest BCUT2D eigenvalue weighted by Gasteiger charge is -2.20. The maximum absolute atomic E-state index is 12.4. The van der Waals surface area contributed by atoms with Gasteiger partial charge in [-0.2, -0.15) is 15.1 Å². The fourth-order valence-electron chi connectivity index (χ4n) is 2.53. The van der Waals surface area contributed by atoms with Crippen LogP contribution in [0.3, 0.4) is 0 Å². The molecule has 0 saturated carbocycles. The lowest BCUT2D eigenvalue weighted by atomic mass is 10.1. The van der Waals surface area contributed by atoms with E-state index in [9.17, 15) is 4.79 Å². The molecule has 0 atom stereocenters. The highest BCUT2D eigenvalue weighted by molar-refractivity contribution is 8.27. The van der Waals surface area contributed by atoms with Gasteiger partial charge in [-0.15, -0.1) is 0 Å². The minimum absolute atomic E-state index is 0.0181. The van der Waals surface area contributed by atoms with Crippen LogP contribution in [-0.4, -0.2) is 27.0 Å². The van der Waals surface area contributed by atoms with Crippen LogP contribution in [-0.2, 0) is 4.79 Å². The lowest BCUT2D eigenvalue weighted by Crippen LogP contribution is -2.35. The Balaban J connectivity index is 1.68. The Morgan fingerprint density at radius 2 is 1.81 bits per heavy atom. The van der Waals surface area contributed by atoms with Crippen molar-refractivity contribution in [3.63, 3.8) is 0 Å². The van der Waals surface area contributed by atoms with Gasteiger partial charge in [-0.25, -0.2) is 0 Å². The van der Waals surface area contributed by atoms with Crippen LogP contribution in [0.1, 0.15) is 16.7 Å². The van der Waals surface area contributed by atoms with Crippen LogP contribution in [0, 0.1) is 12.3 Å². The molecule has 0 spiro atoms. The number of nitrogens with zero attached hydrogens (tertiary/aromatic N) is 3. The molecule has 0 aromatic heterocycles. The molecule has 7 heteroatoms. The van der Waals surface area contributed by atoms with E-state index >= 15 is 0 Å². The Labute approximate surface area is 159 Å². The fourth-order valence-corrected chi connectivity index (χ4v) is 3.55. The molecule has 2 aliphatic heterocycles. The Morgan fingerprint density at radius 1 is 1.12 bits per heavy atom. The van der Waals surface area contributed by atoms with Crippen molar-refractivity contribution >= 4 is 51.4 Å². The summed E-state index contributed by atoms with van der Waals surface area (Å²) in [6.07, 6.45) is 1.63. The molecule has 1 N–H and O–H groups in total. The second kappa shape index (κ2) is 6.55. The average molecular weight is 381 g/mol. The van der Waals surface area contributed by atoms with Crippen molar-refractivity contribution in [3.8, 4) is 0 Å². The van der Waals surface area contributed by atoms with Crippen molar-refractivity contribution in [1.29, 1.82) is 5.41 Å². The van der Waals surface area contributed by atoms with Gasteiger partial charge in [-0.3, -0.25) is 10.2 Å². The quantitative estimate of drug-likeness (QED) is 0.789. The number of carbonyl (C=O) groups is 1. The summed E-state index contributed by atoms with van der Waals surface area (Å²) in [6.45, 7) is 2.02. The van der Waals surface area contributed by atoms with Crippen molar-refractivity contribution in [2.75, 3.05) is 0 Å². The zero-order valence-electron chi connectivity index (χ0n) is 13.7. The first-order chi connectivity index (χ1) is 12.5. The molecular weight excluding hydrogens is 368 g/mol. The first kappa shape index (κ1) is 16.8. The fraction of sp³-hybridized carbons (Fsp3) is 0.0526. The minimum Gasteiger partial charge on any atom is -0.282 e. The summed E-state index contributed by atoms with van der Waals surface area (Å²) in [5.74, 6) is -0.423. The van der Waals surface area contributed by atoms with Crippen molar-refractivity contribution in [3.05, 3.63) is 75.8 Å². The number of thioether (sulfide) groups is 1. The van der Waals surface area contributed by atoms with Gasteiger partial charge in [0.25, 0.3) is 5.91 Å². The maximum atomic E-state index is 12.4. The van der Waals surface area contributed by atoms with E-state index in [0.717, 1.165) is 16.7 Å². The normalized spacial score (nSPS) is 18.1. The van der Waals surface area contributed by atoms with Gasteiger partial charge in [-0.1, -0.05) is 53.6 Å². The molecule has 2 aromatic carbocycles. The number of aliphatic imine (C=N–C) groups is 1. The molecule has 5 nitrogen and oxygen atoms in total. The van der Waals surface area contributed by atoms with Gasteiger partial charge >= 0.3 is 0 Å². The molecule has 0 radical (unpaired) electrons. The molecule has 128 valence electrons.